The molecule has 4 nitrogen and oxygen atoms in total. The Morgan fingerprint density at radius 3 is 2.94 bits per heavy atom. The molecule has 1 aliphatic rings. The highest BCUT2D eigenvalue weighted by molar-refractivity contribution is 5.82. The molecule has 1 aromatic rings. The van der Waals surface area contributed by atoms with Gasteiger partial charge in [-0.1, -0.05) is 19.3 Å². The number of carbonyl (C=O) groups excluding carboxylic acids is 1. The number of carbonyl (C=O) groups is 1. The summed E-state index contributed by atoms with van der Waals surface area (Å²) >= 11 is 0. The SMILES string of the molecule is O=C(N/N=C\c1ccoc1)C1CCCCC1. The minimum absolute atomic E-state index is 0.0412. The van der Waals surface area contributed by atoms with Gasteiger partial charge < -0.3 is 4.42 Å². The second-order valence-corrected chi connectivity index (χ2v) is 4.13. The van der Waals surface area contributed by atoms with E-state index in [1.807, 2.05) is 0 Å². The van der Waals surface area contributed by atoms with Crippen molar-refractivity contribution in [2.24, 2.45) is 11.0 Å². The highest BCUT2D eigenvalue weighted by Crippen LogP contribution is 2.23. The van der Waals surface area contributed by atoms with Crippen molar-refractivity contribution in [2.45, 2.75) is 32.1 Å². The molecule has 4 heteroatoms. The van der Waals surface area contributed by atoms with E-state index >= 15 is 0 Å². The predicted octanol–water partition coefficient (Wildman–Crippen LogP) is 2.31. The minimum Gasteiger partial charge on any atom is -0.472 e. The normalized spacial score (nSPS) is 17.8. The van der Waals surface area contributed by atoms with Gasteiger partial charge in [-0.3, -0.25) is 4.79 Å². The summed E-state index contributed by atoms with van der Waals surface area (Å²) in [5.74, 6) is 0.190. The Morgan fingerprint density at radius 2 is 2.25 bits per heavy atom. The van der Waals surface area contributed by atoms with Crippen molar-refractivity contribution in [1.29, 1.82) is 0 Å². The van der Waals surface area contributed by atoms with Crippen molar-refractivity contribution in [3.05, 3.63) is 24.2 Å². The fourth-order valence-corrected chi connectivity index (χ4v) is 1.97. The third kappa shape index (κ3) is 2.95. The van der Waals surface area contributed by atoms with Crippen molar-refractivity contribution in [3.63, 3.8) is 0 Å². The van der Waals surface area contributed by atoms with Gasteiger partial charge in [0.05, 0.1) is 18.7 Å². The molecule has 0 radical (unpaired) electrons. The Morgan fingerprint density at radius 1 is 1.44 bits per heavy atom. The second-order valence-electron chi connectivity index (χ2n) is 4.13. The predicted molar refractivity (Wildman–Crippen MR) is 61.0 cm³/mol. The Labute approximate surface area is 94.7 Å². The van der Waals surface area contributed by atoms with Gasteiger partial charge in [0.25, 0.3) is 0 Å². The zero-order valence-electron chi connectivity index (χ0n) is 9.19. The Bertz CT molecular complexity index is 351. The third-order valence-corrected chi connectivity index (χ3v) is 2.91. The molecule has 16 heavy (non-hydrogen) atoms. The number of rotatable bonds is 3. The molecule has 0 saturated heterocycles. The van der Waals surface area contributed by atoms with Gasteiger partial charge in [0.15, 0.2) is 0 Å². The Kier molecular flexibility index (Phi) is 3.75. The minimum atomic E-state index is 0.0412. The van der Waals surface area contributed by atoms with Gasteiger partial charge in [0.1, 0.15) is 0 Å². The molecule has 0 spiro atoms. The molecule has 0 aliphatic heterocycles. The van der Waals surface area contributed by atoms with Gasteiger partial charge in [-0.25, -0.2) is 5.43 Å². The van der Waals surface area contributed by atoms with Crippen LogP contribution in [0.4, 0.5) is 0 Å². The van der Waals surface area contributed by atoms with E-state index in [-0.39, 0.29) is 11.8 Å². The summed E-state index contributed by atoms with van der Waals surface area (Å²) in [6, 6.07) is 1.79. The first-order valence-electron chi connectivity index (χ1n) is 5.71. The van der Waals surface area contributed by atoms with Crippen molar-refractivity contribution in [1.82, 2.24) is 5.43 Å². The summed E-state index contributed by atoms with van der Waals surface area (Å²) in [7, 11) is 0. The molecule has 86 valence electrons. The molecule has 0 aromatic carbocycles. The molecular formula is C12H16N2O2. The maximum Gasteiger partial charge on any atom is 0.243 e. The van der Waals surface area contributed by atoms with E-state index in [1.165, 1.54) is 6.42 Å². The first-order valence-corrected chi connectivity index (χ1v) is 5.71. The largest absolute Gasteiger partial charge is 0.472 e. The lowest BCUT2D eigenvalue weighted by molar-refractivity contribution is -0.125. The fourth-order valence-electron chi connectivity index (χ4n) is 1.97. The molecule has 1 aromatic heterocycles. The van der Waals surface area contributed by atoms with Crippen LogP contribution >= 0.6 is 0 Å². The van der Waals surface area contributed by atoms with Gasteiger partial charge in [0.2, 0.25) is 5.91 Å². The van der Waals surface area contributed by atoms with E-state index in [2.05, 4.69) is 10.5 Å². The topological polar surface area (TPSA) is 54.6 Å². The standard InChI is InChI=1S/C12H16N2O2/c15-12(11-4-2-1-3-5-11)14-13-8-10-6-7-16-9-10/h6-9,11H,1-5H2,(H,14,15)/b13-8-. The average molecular weight is 220 g/mol. The number of hydrazone groups is 1. The van der Waals surface area contributed by atoms with E-state index in [1.54, 1.807) is 24.8 Å². The summed E-state index contributed by atoms with van der Waals surface area (Å²) < 4.78 is 4.88. The van der Waals surface area contributed by atoms with Gasteiger partial charge in [-0.15, -0.1) is 0 Å². The molecule has 1 amide bonds. The monoisotopic (exact) mass is 220 g/mol. The van der Waals surface area contributed by atoms with E-state index in [0.29, 0.717) is 0 Å². The molecule has 1 N–H and O–H groups in total. The van der Waals surface area contributed by atoms with E-state index in [4.69, 9.17) is 4.42 Å². The summed E-state index contributed by atoms with van der Waals surface area (Å²) in [6.07, 6.45) is 10.3. The molecule has 2 rings (SSSR count). The highest BCUT2D eigenvalue weighted by atomic mass is 16.3. The van der Waals surface area contributed by atoms with Crippen LogP contribution in [0.3, 0.4) is 0 Å². The van der Waals surface area contributed by atoms with Crippen molar-refractivity contribution < 1.29 is 9.21 Å². The molecule has 1 heterocycles. The van der Waals surface area contributed by atoms with Crippen molar-refractivity contribution in [2.75, 3.05) is 0 Å². The molecular weight excluding hydrogens is 204 g/mol. The van der Waals surface area contributed by atoms with Gasteiger partial charge in [-0.05, 0) is 18.9 Å². The Balaban J connectivity index is 1.78. The lowest BCUT2D eigenvalue weighted by Gasteiger charge is -2.19. The number of furan rings is 1. The van der Waals surface area contributed by atoms with Crippen LogP contribution in [-0.4, -0.2) is 12.1 Å². The Hall–Kier alpha value is -1.58. The van der Waals surface area contributed by atoms with E-state index in [9.17, 15) is 4.79 Å². The quantitative estimate of drug-likeness (QED) is 0.627. The number of hydrogen-bond donors (Lipinski definition) is 1. The van der Waals surface area contributed by atoms with Crippen LogP contribution in [0.15, 0.2) is 28.1 Å². The summed E-state index contributed by atoms with van der Waals surface area (Å²) in [5, 5.41) is 3.90. The molecule has 0 bridgehead atoms. The van der Waals surface area contributed by atoms with Gasteiger partial charge >= 0.3 is 0 Å². The van der Waals surface area contributed by atoms with Crippen LogP contribution in [0.1, 0.15) is 37.7 Å². The molecule has 1 aliphatic carbocycles. The van der Waals surface area contributed by atoms with Crippen LogP contribution in [-0.2, 0) is 4.79 Å². The first-order chi connectivity index (χ1) is 7.86. The molecule has 1 fully saturated rings. The number of amides is 1. The number of nitrogens with zero attached hydrogens (tertiary/aromatic N) is 1. The number of hydrogen-bond acceptors (Lipinski definition) is 3. The van der Waals surface area contributed by atoms with E-state index < -0.39 is 0 Å². The molecule has 0 atom stereocenters. The van der Waals surface area contributed by atoms with Crippen molar-refractivity contribution in [3.8, 4) is 0 Å². The smallest absolute Gasteiger partial charge is 0.243 e. The van der Waals surface area contributed by atoms with Crippen LogP contribution in [0.2, 0.25) is 0 Å². The first kappa shape index (κ1) is 10.9. The molecule has 0 unspecified atom stereocenters. The average Bonchev–Trinajstić information content (AvgIpc) is 2.83. The summed E-state index contributed by atoms with van der Waals surface area (Å²) in [5.41, 5.74) is 3.43. The summed E-state index contributed by atoms with van der Waals surface area (Å²) in [4.78, 5) is 11.7. The van der Waals surface area contributed by atoms with Crippen LogP contribution in [0.5, 0.6) is 0 Å². The maximum absolute atomic E-state index is 11.7. The highest BCUT2D eigenvalue weighted by Gasteiger charge is 2.20. The van der Waals surface area contributed by atoms with Crippen LogP contribution in [0, 0.1) is 5.92 Å². The second kappa shape index (κ2) is 5.49. The fraction of sp³-hybridized carbons (Fsp3) is 0.500. The lowest BCUT2D eigenvalue weighted by Crippen LogP contribution is -2.28. The van der Waals surface area contributed by atoms with E-state index in [0.717, 1.165) is 31.2 Å². The molecule has 1 saturated carbocycles. The maximum atomic E-state index is 11.7. The number of nitrogens with one attached hydrogen (secondary N) is 1. The van der Waals surface area contributed by atoms with Gasteiger partial charge in [0, 0.05) is 11.5 Å². The summed E-state index contributed by atoms with van der Waals surface area (Å²) in [6.45, 7) is 0. The third-order valence-electron chi connectivity index (χ3n) is 2.91. The van der Waals surface area contributed by atoms with Crippen LogP contribution < -0.4 is 5.43 Å². The zero-order valence-corrected chi connectivity index (χ0v) is 9.19. The van der Waals surface area contributed by atoms with Crippen LogP contribution in [0.25, 0.3) is 0 Å². The lowest BCUT2D eigenvalue weighted by atomic mass is 9.89. The van der Waals surface area contributed by atoms with Gasteiger partial charge in [-0.2, -0.15) is 5.10 Å². The van der Waals surface area contributed by atoms with Crippen molar-refractivity contribution >= 4 is 12.1 Å². The zero-order chi connectivity index (χ0) is 11.2.